The average Bonchev–Trinajstić information content (AvgIpc) is 2.69. The highest BCUT2D eigenvalue weighted by molar-refractivity contribution is 5.37. The monoisotopic (exact) mass is 219 g/mol. The van der Waals surface area contributed by atoms with Gasteiger partial charge in [0.15, 0.2) is 0 Å². The van der Waals surface area contributed by atoms with Gasteiger partial charge in [0.25, 0.3) is 0 Å². The summed E-state index contributed by atoms with van der Waals surface area (Å²) in [4.78, 5) is 0. The van der Waals surface area contributed by atoms with Crippen LogP contribution in [-0.4, -0.2) is 19.6 Å². The van der Waals surface area contributed by atoms with Gasteiger partial charge in [-0.05, 0) is 19.4 Å². The second kappa shape index (κ2) is 4.00. The van der Waals surface area contributed by atoms with E-state index in [9.17, 15) is 0 Å². The molecule has 0 aromatic carbocycles. The molecule has 0 saturated heterocycles. The lowest BCUT2D eigenvalue weighted by atomic mass is 10.3. The molecular weight excluding hydrogens is 202 g/mol. The first-order valence-corrected chi connectivity index (χ1v) is 5.30. The minimum atomic E-state index is 0.765. The Hall–Kier alpha value is -1.78. The van der Waals surface area contributed by atoms with Crippen molar-refractivity contribution in [2.24, 2.45) is 14.1 Å². The first-order chi connectivity index (χ1) is 7.58. The fourth-order valence-corrected chi connectivity index (χ4v) is 1.78. The van der Waals surface area contributed by atoms with E-state index in [0.717, 1.165) is 18.1 Å². The van der Waals surface area contributed by atoms with Gasteiger partial charge in [0, 0.05) is 20.2 Å². The van der Waals surface area contributed by atoms with Crippen molar-refractivity contribution < 1.29 is 0 Å². The second-order valence-corrected chi connectivity index (χ2v) is 4.05. The van der Waals surface area contributed by atoms with Crippen LogP contribution >= 0.6 is 0 Å². The largest absolute Gasteiger partial charge is 0.365 e. The van der Waals surface area contributed by atoms with Gasteiger partial charge in [0.05, 0.1) is 24.1 Å². The first-order valence-electron chi connectivity index (χ1n) is 5.30. The molecule has 2 aromatic rings. The molecule has 0 aliphatic heterocycles. The fraction of sp³-hybridized carbons (Fsp3) is 0.455. The van der Waals surface area contributed by atoms with E-state index < -0.39 is 0 Å². The summed E-state index contributed by atoms with van der Waals surface area (Å²) in [5.74, 6) is 1.03. The van der Waals surface area contributed by atoms with Crippen molar-refractivity contribution in [2.75, 3.05) is 5.32 Å². The molecule has 0 atom stereocenters. The Bertz CT molecular complexity index is 475. The molecule has 16 heavy (non-hydrogen) atoms. The van der Waals surface area contributed by atoms with Crippen LogP contribution in [0.2, 0.25) is 0 Å². The van der Waals surface area contributed by atoms with E-state index in [-0.39, 0.29) is 0 Å². The highest BCUT2D eigenvalue weighted by Gasteiger charge is 2.06. The summed E-state index contributed by atoms with van der Waals surface area (Å²) < 4.78 is 3.74. The Balaban J connectivity index is 2.11. The van der Waals surface area contributed by atoms with Crippen molar-refractivity contribution in [1.82, 2.24) is 19.6 Å². The maximum atomic E-state index is 4.29. The topological polar surface area (TPSA) is 47.7 Å². The van der Waals surface area contributed by atoms with Crippen LogP contribution in [0.1, 0.15) is 17.0 Å². The van der Waals surface area contributed by atoms with Crippen molar-refractivity contribution in [1.29, 1.82) is 0 Å². The van der Waals surface area contributed by atoms with Crippen LogP contribution < -0.4 is 5.32 Å². The fourth-order valence-electron chi connectivity index (χ4n) is 1.78. The van der Waals surface area contributed by atoms with E-state index >= 15 is 0 Å². The summed E-state index contributed by atoms with van der Waals surface area (Å²) in [5, 5.41) is 11.9. The van der Waals surface area contributed by atoms with Crippen molar-refractivity contribution in [2.45, 2.75) is 20.4 Å². The number of aromatic nitrogens is 4. The third-order valence-corrected chi connectivity index (χ3v) is 2.71. The summed E-state index contributed by atoms with van der Waals surface area (Å²) >= 11 is 0. The molecule has 2 heterocycles. The van der Waals surface area contributed by atoms with E-state index in [1.807, 2.05) is 42.6 Å². The highest BCUT2D eigenvalue weighted by atomic mass is 15.3. The second-order valence-electron chi connectivity index (χ2n) is 4.05. The van der Waals surface area contributed by atoms with Crippen molar-refractivity contribution >= 4 is 5.82 Å². The molecule has 0 aliphatic rings. The van der Waals surface area contributed by atoms with Gasteiger partial charge in [-0.15, -0.1) is 0 Å². The van der Waals surface area contributed by atoms with Gasteiger partial charge in [0.1, 0.15) is 5.82 Å². The van der Waals surface area contributed by atoms with Gasteiger partial charge in [-0.25, -0.2) is 0 Å². The van der Waals surface area contributed by atoms with E-state index in [2.05, 4.69) is 22.4 Å². The summed E-state index contributed by atoms with van der Waals surface area (Å²) in [5.41, 5.74) is 3.42. The van der Waals surface area contributed by atoms with Crippen molar-refractivity contribution in [3.8, 4) is 0 Å². The van der Waals surface area contributed by atoms with Crippen LogP contribution in [0, 0.1) is 13.8 Å². The predicted octanol–water partition coefficient (Wildman–Crippen LogP) is 1.38. The van der Waals surface area contributed by atoms with Crippen molar-refractivity contribution in [3.05, 3.63) is 29.2 Å². The molecular formula is C11H17N5. The van der Waals surface area contributed by atoms with Gasteiger partial charge in [-0.2, -0.15) is 10.2 Å². The molecule has 0 radical (unpaired) electrons. The molecule has 0 saturated carbocycles. The number of hydrogen-bond acceptors (Lipinski definition) is 3. The number of hydrogen-bond donors (Lipinski definition) is 1. The highest BCUT2D eigenvalue weighted by Crippen LogP contribution is 2.11. The Labute approximate surface area is 95.1 Å². The molecule has 86 valence electrons. The predicted molar refractivity (Wildman–Crippen MR) is 63.2 cm³/mol. The number of nitrogens with zero attached hydrogens (tertiary/aromatic N) is 4. The minimum absolute atomic E-state index is 0.765. The van der Waals surface area contributed by atoms with Crippen LogP contribution in [-0.2, 0) is 20.6 Å². The maximum absolute atomic E-state index is 4.29. The normalized spacial score (nSPS) is 10.8. The number of nitrogens with one attached hydrogen (secondary N) is 1. The molecule has 0 bridgehead atoms. The Kier molecular flexibility index (Phi) is 2.68. The van der Waals surface area contributed by atoms with Crippen LogP contribution in [0.15, 0.2) is 12.3 Å². The Morgan fingerprint density at radius 1 is 1.25 bits per heavy atom. The number of rotatable bonds is 3. The quantitative estimate of drug-likeness (QED) is 0.848. The molecule has 0 amide bonds. The summed E-state index contributed by atoms with van der Waals surface area (Å²) in [6, 6.07) is 2.03. The third-order valence-electron chi connectivity index (χ3n) is 2.71. The zero-order valence-electron chi connectivity index (χ0n) is 10.2. The summed E-state index contributed by atoms with van der Waals surface area (Å²) in [6.45, 7) is 4.82. The number of anilines is 1. The zero-order chi connectivity index (χ0) is 11.7. The van der Waals surface area contributed by atoms with Gasteiger partial charge in [-0.1, -0.05) is 0 Å². The maximum Gasteiger partial charge on any atom is 0.124 e. The van der Waals surface area contributed by atoms with E-state index in [4.69, 9.17) is 0 Å². The molecule has 2 aromatic heterocycles. The van der Waals surface area contributed by atoms with Gasteiger partial charge in [-0.3, -0.25) is 9.36 Å². The van der Waals surface area contributed by atoms with Gasteiger partial charge < -0.3 is 5.32 Å². The molecule has 5 nitrogen and oxygen atoms in total. The average molecular weight is 219 g/mol. The van der Waals surface area contributed by atoms with Crippen LogP contribution in [0.5, 0.6) is 0 Å². The van der Waals surface area contributed by atoms with Crippen LogP contribution in [0.4, 0.5) is 5.82 Å². The van der Waals surface area contributed by atoms with E-state index in [1.165, 1.54) is 11.3 Å². The molecule has 0 unspecified atom stereocenters. The summed E-state index contributed by atoms with van der Waals surface area (Å²) in [7, 11) is 3.89. The van der Waals surface area contributed by atoms with Gasteiger partial charge >= 0.3 is 0 Å². The van der Waals surface area contributed by atoms with Crippen molar-refractivity contribution in [3.63, 3.8) is 0 Å². The minimum Gasteiger partial charge on any atom is -0.365 e. The summed E-state index contributed by atoms with van der Waals surface area (Å²) in [6.07, 6.45) is 1.88. The Morgan fingerprint density at radius 2 is 2.00 bits per heavy atom. The standard InChI is InChI=1S/C11H17N5/c1-8-6-13-15(3)10(8)7-12-11-5-9(2)14-16(11)4/h5-6,12H,7H2,1-4H3. The SMILES string of the molecule is Cc1cc(NCc2c(C)cnn2C)n(C)n1. The molecule has 0 spiro atoms. The lowest BCUT2D eigenvalue weighted by Gasteiger charge is -2.07. The molecule has 2 rings (SSSR count). The molecule has 0 aliphatic carbocycles. The molecule has 5 heteroatoms. The number of aryl methyl sites for hydroxylation is 4. The van der Waals surface area contributed by atoms with Crippen LogP contribution in [0.25, 0.3) is 0 Å². The lowest BCUT2D eigenvalue weighted by Crippen LogP contribution is -2.09. The molecule has 1 N–H and O–H groups in total. The van der Waals surface area contributed by atoms with Crippen LogP contribution in [0.3, 0.4) is 0 Å². The third kappa shape index (κ3) is 1.93. The zero-order valence-corrected chi connectivity index (χ0v) is 10.2. The first kappa shape index (κ1) is 10.7. The van der Waals surface area contributed by atoms with E-state index in [1.54, 1.807) is 0 Å². The van der Waals surface area contributed by atoms with E-state index in [0.29, 0.717) is 0 Å². The van der Waals surface area contributed by atoms with Gasteiger partial charge in [0.2, 0.25) is 0 Å². The molecule has 0 fully saturated rings. The Morgan fingerprint density at radius 3 is 2.50 bits per heavy atom. The smallest absolute Gasteiger partial charge is 0.124 e. The lowest BCUT2D eigenvalue weighted by molar-refractivity contribution is 0.710.